The molecule has 1 amide bonds. The molecule has 2 rings (SSSR count). The van der Waals surface area contributed by atoms with E-state index in [2.05, 4.69) is 15.4 Å². The van der Waals surface area contributed by atoms with Gasteiger partial charge in [-0.25, -0.2) is 14.5 Å². The van der Waals surface area contributed by atoms with Gasteiger partial charge in [0.05, 0.1) is 12.2 Å². The summed E-state index contributed by atoms with van der Waals surface area (Å²) in [4.78, 5) is 39.5. The van der Waals surface area contributed by atoms with Gasteiger partial charge in [0.2, 0.25) is 0 Å². The summed E-state index contributed by atoms with van der Waals surface area (Å²) >= 11 is 0. The smallest absolute Gasteiger partial charge is 0.345 e. The summed E-state index contributed by atoms with van der Waals surface area (Å²) in [5.41, 5.74) is -0.287. The molecule has 25 heavy (non-hydrogen) atoms. The van der Waals surface area contributed by atoms with Crippen molar-refractivity contribution >= 4 is 11.9 Å². The fourth-order valence-corrected chi connectivity index (χ4v) is 2.05. The lowest BCUT2D eigenvalue weighted by Gasteiger charge is -2.06. The average molecular weight is 348 g/mol. The predicted molar refractivity (Wildman–Crippen MR) is 89.0 cm³/mol. The molecule has 0 aliphatic carbocycles. The molecule has 0 atom stereocenters. The highest BCUT2D eigenvalue weighted by Gasteiger charge is 2.15. The Kier molecular flexibility index (Phi) is 6.47. The maximum atomic E-state index is 12.0. The number of ether oxygens (including phenoxy) is 2. The Hall–Kier alpha value is -2.94. The summed E-state index contributed by atoms with van der Waals surface area (Å²) in [5.74, 6) is -0.582. The average Bonchev–Trinajstić information content (AvgIpc) is 3.01. The monoisotopic (exact) mass is 348 g/mol. The van der Waals surface area contributed by atoms with Gasteiger partial charge < -0.3 is 14.8 Å². The Labute approximate surface area is 143 Å². The number of hydrogen-bond acceptors (Lipinski definition) is 6. The molecule has 134 valence electrons. The first-order valence-electron chi connectivity index (χ1n) is 7.79. The number of aromatic nitrogens is 3. The van der Waals surface area contributed by atoms with Gasteiger partial charge in [0, 0.05) is 32.7 Å². The molecule has 0 bridgehead atoms. The van der Waals surface area contributed by atoms with Gasteiger partial charge in [-0.15, -0.1) is 0 Å². The first kappa shape index (κ1) is 18.4. The fourth-order valence-electron chi connectivity index (χ4n) is 2.05. The largest absolute Gasteiger partial charge is 0.462 e. The van der Waals surface area contributed by atoms with Crippen LogP contribution in [-0.2, 0) is 9.47 Å². The number of carbonyl (C=O) groups excluding carboxylic acids is 2. The minimum atomic E-state index is -0.699. The van der Waals surface area contributed by atoms with E-state index in [1.807, 2.05) is 0 Å². The molecule has 2 aromatic rings. The van der Waals surface area contributed by atoms with Crippen molar-refractivity contribution in [2.45, 2.75) is 13.3 Å². The molecular weight excluding hydrogens is 328 g/mol. The Morgan fingerprint density at radius 3 is 2.80 bits per heavy atom. The van der Waals surface area contributed by atoms with E-state index in [9.17, 15) is 14.4 Å². The summed E-state index contributed by atoms with van der Waals surface area (Å²) in [6.07, 6.45) is 3.42. The molecule has 0 aliphatic rings. The van der Waals surface area contributed by atoms with Crippen LogP contribution >= 0.6 is 0 Å². The Morgan fingerprint density at radius 2 is 2.16 bits per heavy atom. The second-order valence-electron chi connectivity index (χ2n) is 5.08. The standard InChI is InChI=1S/C16H20N4O5/c1-3-25-16(23)12-10-20(19-15(12)22)13-6-5-11(9-18-13)14(21)17-7-4-8-24-2/h5-6,9-10H,3-4,7-8H2,1-2H3,(H,17,21)(H,19,22). The van der Waals surface area contributed by atoms with E-state index < -0.39 is 11.5 Å². The lowest BCUT2D eigenvalue weighted by atomic mass is 10.2. The number of nitrogens with one attached hydrogen (secondary N) is 2. The maximum Gasteiger partial charge on any atom is 0.345 e. The predicted octanol–water partition coefficient (Wildman–Crippen LogP) is 0.504. The van der Waals surface area contributed by atoms with Crippen molar-refractivity contribution in [3.05, 3.63) is 46.0 Å². The van der Waals surface area contributed by atoms with Gasteiger partial charge in [0.15, 0.2) is 5.82 Å². The first-order valence-corrected chi connectivity index (χ1v) is 7.79. The number of rotatable bonds is 8. The second kappa shape index (κ2) is 8.78. The summed E-state index contributed by atoms with van der Waals surface area (Å²) < 4.78 is 11.0. The molecule has 9 heteroatoms. The van der Waals surface area contributed by atoms with Crippen molar-refractivity contribution < 1.29 is 19.1 Å². The number of methoxy groups -OCH3 is 1. The molecule has 2 N–H and O–H groups in total. The van der Waals surface area contributed by atoms with Crippen LogP contribution in [0.25, 0.3) is 5.82 Å². The second-order valence-corrected chi connectivity index (χ2v) is 5.08. The van der Waals surface area contributed by atoms with Gasteiger partial charge in [-0.2, -0.15) is 0 Å². The van der Waals surface area contributed by atoms with Crippen molar-refractivity contribution in [2.75, 3.05) is 26.9 Å². The third-order valence-corrected chi connectivity index (χ3v) is 3.29. The van der Waals surface area contributed by atoms with E-state index in [1.54, 1.807) is 26.2 Å². The highest BCUT2D eigenvalue weighted by molar-refractivity contribution is 5.93. The minimum Gasteiger partial charge on any atom is -0.462 e. The summed E-state index contributed by atoms with van der Waals surface area (Å²) in [7, 11) is 1.60. The van der Waals surface area contributed by atoms with Gasteiger partial charge >= 0.3 is 5.97 Å². The van der Waals surface area contributed by atoms with Crippen molar-refractivity contribution in [1.29, 1.82) is 0 Å². The molecule has 0 aromatic carbocycles. The lowest BCUT2D eigenvalue weighted by Crippen LogP contribution is -2.25. The van der Waals surface area contributed by atoms with Crippen molar-refractivity contribution in [2.24, 2.45) is 0 Å². The normalized spacial score (nSPS) is 10.5. The van der Waals surface area contributed by atoms with Gasteiger partial charge in [-0.3, -0.25) is 14.7 Å². The SMILES string of the molecule is CCOC(=O)c1cn(-c2ccc(C(=O)NCCCOC)cn2)[nH]c1=O. The number of esters is 1. The van der Waals surface area contributed by atoms with E-state index in [0.29, 0.717) is 24.5 Å². The van der Waals surface area contributed by atoms with Crippen LogP contribution < -0.4 is 10.9 Å². The maximum absolute atomic E-state index is 12.0. The Morgan fingerprint density at radius 1 is 1.36 bits per heavy atom. The molecule has 2 aromatic heterocycles. The number of amides is 1. The number of H-pyrrole nitrogens is 1. The van der Waals surface area contributed by atoms with Crippen LogP contribution in [0, 0.1) is 0 Å². The number of pyridine rings is 1. The molecule has 0 spiro atoms. The van der Waals surface area contributed by atoms with Crippen molar-refractivity contribution in [3.8, 4) is 5.82 Å². The minimum absolute atomic E-state index is 0.108. The van der Waals surface area contributed by atoms with Gasteiger partial charge in [-0.05, 0) is 25.5 Å². The van der Waals surface area contributed by atoms with Gasteiger partial charge in [-0.1, -0.05) is 0 Å². The zero-order valence-electron chi connectivity index (χ0n) is 14.1. The zero-order valence-corrected chi connectivity index (χ0v) is 14.1. The van der Waals surface area contributed by atoms with Crippen LogP contribution in [0.2, 0.25) is 0 Å². The third-order valence-electron chi connectivity index (χ3n) is 3.29. The quantitative estimate of drug-likeness (QED) is 0.530. The van der Waals surface area contributed by atoms with Crippen LogP contribution in [0.5, 0.6) is 0 Å². The summed E-state index contributed by atoms with van der Waals surface area (Å²) in [6, 6.07) is 3.14. The van der Waals surface area contributed by atoms with Crippen molar-refractivity contribution in [3.63, 3.8) is 0 Å². The highest BCUT2D eigenvalue weighted by Crippen LogP contribution is 2.06. The van der Waals surface area contributed by atoms with Crippen LogP contribution in [0.1, 0.15) is 34.1 Å². The molecule has 0 aliphatic heterocycles. The van der Waals surface area contributed by atoms with Crippen molar-refractivity contribution in [1.82, 2.24) is 20.1 Å². The molecule has 0 saturated carbocycles. The fraction of sp³-hybridized carbons (Fsp3) is 0.375. The molecular formula is C16H20N4O5. The number of carbonyl (C=O) groups is 2. The third kappa shape index (κ3) is 4.77. The number of nitrogens with zero attached hydrogens (tertiary/aromatic N) is 2. The van der Waals surface area contributed by atoms with Crippen LogP contribution in [0.4, 0.5) is 0 Å². The first-order chi connectivity index (χ1) is 12.1. The molecule has 0 radical (unpaired) electrons. The zero-order chi connectivity index (χ0) is 18.2. The molecule has 0 unspecified atom stereocenters. The van der Waals surface area contributed by atoms with E-state index in [-0.39, 0.29) is 18.1 Å². The Bertz CT molecular complexity index is 779. The Balaban J connectivity index is 2.07. The van der Waals surface area contributed by atoms with E-state index in [4.69, 9.17) is 9.47 Å². The highest BCUT2D eigenvalue weighted by atomic mass is 16.5. The van der Waals surface area contributed by atoms with Gasteiger partial charge in [0.25, 0.3) is 11.5 Å². The van der Waals surface area contributed by atoms with Gasteiger partial charge in [0.1, 0.15) is 5.56 Å². The molecule has 2 heterocycles. The molecule has 0 saturated heterocycles. The molecule has 0 fully saturated rings. The summed E-state index contributed by atoms with van der Waals surface area (Å²) in [5, 5.41) is 5.23. The topological polar surface area (TPSA) is 115 Å². The number of hydrogen-bond donors (Lipinski definition) is 2. The molecule has 9 nitrogen and oxygen atoms in total. The lowest BCUT2D eigenvalue weighted by molar-refractivity contribution is 0.0524. The number of aromatic amines is 1. The van der Waals surface area contributed by atoms with Crippen LogP contribution in [0.15, 0.2) is 29.3 Å². The van der Waals surface area contributed by atoms with E-state index in [0.717, 1.165) is 6.42 Å². The van der Waals surface area contributed by atoms with E-state index in [1.165, 1.54) is 17.1 Å². The summed E-state index contributed by atoms with van der Waals surface area (Å²) in [6.45, 7) is 2.91. The van der Waals surface area contributed by atoms with E-state index >= 15 is 0 Å². The van der Waals surface area contributed by atoms with Crippen LogP contribution in [0.3, 0.4) is 0 Å². The van der Waals surface area contributed by atoms with Crippen LogP contribution in [-0.4, -0.2) is 53.5 Å².